The third-order valence-corrected chi connectivity index (χ3v) is 8.14. The number of carbonyl (C=O) groups excluding carboxylic acids is 3. The quantitative estimate of drug-likeness (QED) is 0.0719. The van der Waals surface area contributed by atoms with E-state index in [0.717, 1.165) is 7.48 Å². The average molecular weight is 728 g/mol. The van der Waals surface area contributed by atoms with Crippen molar-refractivity contribution >= 4 is 53.7 Å². The highest BCUT2D eigenvalue weighted by atomic mass is 16.5. The summed E-state index contributed by atoms with van der Waals surface area (Å²) in [5.74, 6) is -2.10. The molecule has 0 aliphatic heterocycles. The molecule has 4 aromatic rings. The summed E-state index contributed by atoms with van der Waals surface area (Å²) in [7, 11) is 1.07. The number of aromatic amines is 1. The summed E-state index contributed by atoms with van der Waals surface area (Å²) in [6.45, 7) is 8.48. The van der Waals surface area contributed by atoms with Gasteiger partial charge in [0.25, 0.3) is 17.4 Å². The number of nitrogen functional groups attached to an aromatic ring is 1. The van der Waals surface area contributed by atoms with E-state index in [0.29, 0.717) is 42.9 Å². The molecule has 2 amide bonds. The summed E-state index contributed by atoms with van der Waals surface area (Å²) in [6, 6.07) is 13.9. The second-order valence-electron chi connectivity index (χ2n) is 13.5. The molecule has 279 valence electrons. The lowest BCUT2D eigenvalue weighted by atomic mass is 9.86. The van der Waals surface area contributed by atoms with Crippen molar-refractivity contribution < 1.29 is 33.7 Å². The van der Waals surface area contributed by atoms with Gasteiger partial charge in [-0.3, -0.25) is 19.4 Å². The fourth-order valence-corrected chi connectivity index (χ4v) is 4.93. The number of nitrogens with zero attached hydrogens (tertiary/aromatic N) is 3. The second kappa shape index (κ2) is 18.2. The molecule has 0 saturated heterocycles. The molecular weight excluding hydrogens is 683 g/mol. The Morgan fingerprint density at radius 2 is 1.64 bits per heavy atom. The summed E-state index contributed by atoms with van der Waals surface area (Å²) >= 11 is 0. The first-order valence-corrected chi connectivity index (χ1v) is 17.0. The van der Waals surface area contributed by atoms with E-state index in [1.165, 1.54) is 18.3 Å². The van der Waals surface area contributed by atoms with E-state index in [4.69, 9.17) is 15.1 Å². The van der Waals surface area contributed by atoms with Gasteiger partial charge in [-0.2, -0.15) is 4.98 Å². The normalized spacial score (nSPS) is 12.2. The van der Waals surface area contributed by atoms with E-state index in [-0.39, 0.29) is 48.0 Å². The molecule has 2 heterocycles. The van der Waals surface area contributed by atoms with Gasteiger partial charge in [0, 0.05) is 42.0 Å². The lowest BCUT2D eigenvalue weighted by molar-refractivity contribution is -0.139. The molecule has 0 aliphatic rings. The predicted octanol–water partition coefficient (Wildman–Crippen LogP) is 2.82. The minimum atomic E-state index is -1.31. The molecule has 7 N–H and O–H groups in total. The number of rotatable bonds is 20. The number of hydrogen-bond acceptors (Lipinski definition) is 12. The van der Waals surface area contributed by atoms with E-state index in [1.807, 2.05) is 33.8 Å². The number of hydrogen-bond donors (Lipinski definition) is 6. The molecule has 0 spiro atoms. The minimum Gasteiger partial charge on any atom is -0.480 e. The number of benzene rings is 2. The van der Waals surface area contributed by atoms with Crippen LogP contribution in [-0.2, 0) is 25.5 Å². The van der Waals surface area contributed by atoms with Crippen LogP contribution in [0.4, 0.5) is 11.6 Å². The summed E-state index contributed by atoms with van der Waals surface area (Å²) in [5, 5.41) is 18.2. The summed E-state index contributed by atoms with van der Waals surface area (Å²) < 4.78 is 11.8. The number of nitrogens with one attached hydrogen (secondary N) is 4. The molecule has 2 aromatic heterocycles. The zero-order chi connectivity index (χ0) is 38.6. The lowest BCUT2D eigenvalue weighted by Crippen LogP contribution is -2.41. The third-order valence-electron chi connectivity index (χ3n) is 8.14. The van der Waals surface area contributed by atoms with Crippen molar-refractivity contribution in [2.45, 2.75) is 77.2 Å². The molecule has 0 saturated carbocycles. The van der Waals surface area contributed by atoms with E-state index < -0.39 is 40.4 Å². The Morgan fingerprint density at radius 1 is 0.943 bits per heavy atom. The van der Waals surface area contributed by atoms with Gasteiger partial charge in [-0.05, 0) is 83.4 Å². The number of ether oxygens (including phenoxy) is 1. The summed E-state index contributed by atoms with van der Waals surface area (Å²) in [4.78, 5) is 76.4. The van der Waals surface area contributed by atoms with Gasteiger partial charge in [-0.15, -0.1) is 0 Å². The fraction of sp³-hybridized carbons (Fsp3) is 0.389. The maximum absolute atomic E-state index is 12.8. The Morgan fingerprint density at radius 3 is 2.34 bits per heavy atom. The Balaban J connectivity index is 1.15. The van der Waals surface area contributed by atoms with Crippen LogP contribution in [0.15, 0.2) is 65.6 Å². The summed E-state index contributed by atoms with van der Waals surface area (Å²) in [6.07, 6.45) is 2.20. The van der Waals surface area contributed by atoms with Gasteiger partial charge < -0.3 is 41.0 Å². The van der Waals surface area contributed by atoms with Crippen LogP contribution in [-0.4, -0.2) is 86.4 Å². The van der Waals surface area contributed by atoms with Gasteiger partial charge in [0.1, 0.15) is 11.7 Å². The van der Waals surface area contributed by atoms with Crippen LogP contribution in [0, 0.1) is 0 Å². The van der Waals surface area contributed by atoms with Gasteiger partial charge in [0.05, 0.1) is 24.0 Å². The van der Waals surface area contributed by atoms with Crippen LogP contribution < -0.4 is 27.2 Å². The van der Waals surface area contributed by atoms with Gasteiger partial charge in [-0.25, -0.2) is 14.8 Å². The number of aromatic nitrogens is 4. The first kappa shape index (κ1) is 40.1. The standard InChI is InChI=1S/C36H44BN8O8/c1-35(2,16-18-39-30(47)22-8-6-5-7-9-22)52-19-17-36(3,4)53-37-27(46)15-14-26(33(50)51)43-31(48)23-10-12-24(13-11-23)40-20-25-21-41-29-28(42-25)32(49)45-34(38)44-29/h5-13,21,26,40H,14-20H2,1-4H3,(H,39,47)(H,43,48)(H,50,51)(H3,38,41,44,45,49). The number of carboxylic acids is 1. The van der Waals surface area contributed by atoms with Crippen molar-refractivity contribution in [2.75, 3.05) is 24.2 Å². The third kappa shape index (κ3) is 12.8. The van der Waals surface area contributed by atoms with Crippen LogP contribution in [0.1, 0.15) is 79.8 Å². The van der Waals surface area contributed by atoms with Crippen LogP contribution in [0.2, 0.25) is 0 Å². The Kier molecular flexibility index (Phi) is 13.8. The van der Waals surface area contributed by atoms with Crippen LogP contribution in [0.5, 0.6) is 0 Å². The maximum atomic E-state index is 12.8. The summed E-state index contributed by atoms with van der Waals surface area (Å²) in [5.41, 5.74) is 5.43. The number of amides is 2. The molecule has 1 radical (unpaired) electrons. The molecule has 0 fully saturated rings. The molecule has 16 nitrogen and oxygen atoms in total. The van der Waals surface area contributed by atoms with Crippen LogP contribution in [0.25, 0.3) is 11.2 Å². The van der Waals surface area contributed by atoms with Crippen molar-refractivity contribution in [3.05, 3.63) is 88.0 Å². The van der Waals surface area contributed by atoms with Gasteiger partial charge in [-0.1, -0.05) is 18.2 Å². The zero-order valence-electron chi connectivity index (χ0n) is 30.1. The Hall–Kier alpha value is -5.68. The number of aliphatic carboxylic acids is 1. The molecule has 0 bridgehead atoms. The topological polar surface area (TPSA) is 241 Å². The monoisotopic (exact) mass is 727 g/mol. The highest BCUT2D eigenvalue weighted by Gasteiger charge is 2.26. The van der Waals surface area contributed by atoms with Gasteiger partial charge in [0.2, 0.25) is 5.95 Å². The van der Waals surface area contributed by atoms with E-state index in [2.05, 4.69) is 35.9 Å². The molecule has 0 aliphatic carbocycles. The van der Waals surface area contributed by atoms with Crippen molar-refractivity contribution in [1.82, 2.24) is 30.6 Å². The average Bonchev–Trinajstić information content (AvgIpc) is 3.11. The van der Waals surface area contributed by atoms with E-state index >= 15 is 0 Å². The van der Waals surface area contributed by atoms with E-state index in [9.17, 15) is 29.1 Å². The number of anilines is 2. The Labute approximate surface area is 307 Å². The molecule has 1 unspecified atom stereocenters. The maximum Gasteiger partial charge on any atom is 0.376 e. The molecule has 1 atom stereocenters. The van der Waals surface area contributed by atoms with Crippen molar-refractivity contribution in [2.24, 2.45) is 0 Å². The predicted molar refractivity (Wildman–Crippen MR) is 198 cm³/mol. The first-order chi connectivity index (χ1) is 25.1. The molecule has 53 heavy (non-hydrogen) atoms. The van der Waals surface area contributed by atoms with Crippen LogP contribution >= 0.6 is 0 Å². The van der Waals surface area contributed by atoms with Crippen molar-refractivity contribution in [3.8, 4) is 0 Å². The SMILES string of the molecule is CC(C)(CCOC(C)(C)CCNC(=O)c1ccccc1)O[B]C(=O)CCC(NC(=O)c1ccc(NCc2cnc3nc(N)[nH]c(=O)c3n2)cc1)C(=O)O. The first-order valence-electron chi connectivity index (χ1n) is 17.0. The zero-order valence-corrected chi connectivity index (χ0v) is 30.1. The smallest absolute Gasteiger partial charge is 0.376 e. The van der Waals surface area contributed by atoms with Gasteiger partial charge >= 0.3 is 13.5 Å². The van der Waals surface area contributed by atoms with Crippen LogP contribution in [0.3, 0.4) is 0 Å². The lowest BCUT2D eigenvalue weighted by Gasteiger charge is -2.30. The van der Waals surface area contributed by atoms with E-state index in [1.54, 1.807) is 36.4 Å². The highest BCUT2D eigenvalue weighted by molar-refractivity contribution is 6.69. The Bertz CT molecular complexity index is 1950. The number of carbonyl (C=O) groups is 4. The molecule has 4 rings (SSSR count). The highest BCUT2D eigenvalue weighted by Crippen LogP contribution is 2.19. The van der Waals surface area contributed by atoms with Crippen molar-refractivity contribution in [3.63, 3.8) is 0 Å². The minimum absolute atomic E-state index is 0.0518. The number of H-pyrrole nitrogens is 1. The second-order valence-corrected chi connectivity index (χ2v) is 13.5. The largest absolute Gasteiger partial charge is 0.480 e. The molecule has 17 heteroatoms. The number of nitrogens with two attached hydrogens (primary N) is 1. The van der Waals surface area contributed by atoms with Crippen molar-refractivity contribution in [1.29, 1.82) is 0 Å². The number of carboxylic acid groups (broad SMARTS) is 1. The van der Waals surface area contributed by atoms with Gasteiger partial charge in [0.15, 0.2) is 11.2 Å². The fourth-order valence-electron chi connectivity index (χ4n) is 4.93. The molecular formula is C36H44BN8O8. The number of fused-ring (bicyclic) bond motifs is 1. The molecule has 2 aromatic carbocycles.